The number of nitrogens with zero attached hydrogens (tertiary/aromatic N) is 6. The Kier molecular flexibility index (Phi) is 19.9. The zero-order valence-electron chi connectivity index (χ0n) is 49.7. The van der Waals surface area contributed by atoms with Crippen molar-refractivity contribution in [3.8, 4) is 57.4 Å². The van der Waals surface area contributed by atoms with Crippen molar-refractivity contribution in [3.05, 3.63) is 261 Å². The molecule has 0 radical (unpaired) electrons. The van der Waals surface area contributed by atoms with Gasteiger partial charge >= 0.3 is 0 Å². The summed E-state index contributed by atoms with van der Waals surface area (Å²) in [6, 6.07) is 64.8. The van der Waals surface area contributed by atoms with Crippen LogP contribution in [0, 0.1) is 23.8 Å². The number of rotatable bonds is 18. The molecule has 0 fully saturated rings. The van der Waals surface area contributed by atoms with Gasteiger partial charge in [-0.2, -0.15) is 0 Å². The first-order chi connectivity index (χ1) is 41.6. The predicted octanol–water partition coefficient (Wildman–Crippen LogP) is 12.9. The zero-order chi connectivity index (χ0) is 60.7. The largest absolute Gasteiger partial charge is 0.383 e. The Hall–Kier alpha value is -9.76. The van der Waals surface area contributed by atoms with E-state index in [1.807, 2.05) is 159 Å². The number of aromatic nitrogens is 4. The molecule has 10 aromatic rings. The molecule has 0 saturated heterocycles. The van der Waals surface area contributed by atoms with E-state index in [-0.39, 0.29) is 35.8 Å². The predicted molar refractivity (Wildman–Crippen MR) is 348 cm³/mol. The lowest BCUT2D eigenvalue weighted by molar-refractivity contribution is -0.134. The van der Waals surface area contributed by atoms with Gasteiger partial charge in [0.1, 0.15) is 19.7 Å². The van der Waals surface area contributed by atoms with Crippen LogP contribution >= 0.6 is 0 Å². The third-order valence-electron chi connectivity index (χ3n) is 14.8. The second kappa shape index (κ2) is 28.2. The lowest BCUT2D eigenvalue weighted by Crippen LogP contribution is -2.40. The Morgan fingerprint density at radius 2 is 0.860 bits per heavy atom. The maximum absolute atomic E-state index is 14.0. The molecular formula is C73H70N6O6Si. The van der Waals surface area contributed by atoms with Crippen LogP contribution < -0.4 is 11.1 Å². The Bertz CT molecular complexity index is 4200. The van der Waals surface area contributed by atoms with E-state index in [4.69, 9.17) is 25.9 Å². The Morgan fingerprint density at radius 3 is 1.23 bits per heavy atom. The summed E-state index contributed by atoms with van der Waals surface area (Å²) in [5.41, 5.74) is 13.3. The average Bonchev–Trinajstić information content (AvgIpc) is 1.01. The number of hydrogen-bond acceptors (Lipinski definition) is 8. The molecule has 2 atom stereocenters. The van der Waals surface area contributed by atoms with Gasteiger partial charge in [0.2, 0.25) is 11.8 Å². The Labute approximate surface area is 504 Å². The van der Waals surface area contributed by atoms with E-state index < -0.39 is 20.2 Å². The fourth-order valence-electron chi connectivity index (χ4n) is 10.2. The second-order valence-corrected chi connectivity index (χ2v) is 26.7. The monoisotopic (exact) mass is 1150 g/mol. The minimum Gasteiger partial charge on any atom is -0.383 e. The number of para-hydroxylation sites is 2. The van der Waals surface area contributed by atoms with Crippen LogP contribution in [-0.2, 0) is 31.9 Å². The zero-order valence-corrected chi connectivity index (χ0v) is 50.7. The molecule has 2 amide bonds. The van der Waals surface area contributed by atoms with E-state index in [1.165, 1.54) is 0 Å². The molecule has 8 aromatic carbocycles. The van der Waals surface area contributed by atoms with Crippen LogP contribution in [0.3, 0.4) is 0 Å². The number of benzene rings is 8. The molecule has 10 rings (SSSR count). The number of carbonyl (C=O) groups is 2. The summed E-state index contributed by atoms with van der Waals surface area (Å²) in [6.45, 7) is 11.8. The SMILES string of the molecule is C#Cc1ccc(-n2c(C(C)N(CCOC)C(=O)Cc3ccc(-c4ccccc4)cc3)nc3ccccc3c2=O)cc1.COCCN(C(=O)Cc1ccc(-c2ccccc2)cc1)C(C)c1nc2ccccc2c(=O)n1-c1ccc(C#C[Si](C)(C)C)cc1. The molecule has 0 spiro atoms. The minimum atomic E-state index is -1.54. The van der Waals surface area contributed by atoms with Crippen molar-refractivity contribution >= 4 is 41.7 Å². The Morgan fingerprint density at radius 1 is 0.500 bits per heavy atom. The van der Waals surface area contributed by atoms with Gasteiger partial charge in [-0.3, -0.25) is 28.3 Å². The molecular weight excluding hydrogens is 1080 g/mol. The van der Waals surface area contributed by atoms with Crippen molar-refractivity contribution in [2.45, 2.75) is 58.4 Å². The van der Waals surface area contributed by atoms with E-state index in [2.05, 4.69) is 61.3 Å². The fraction of sp³-hybridized carbons (Fsp3) is 0.205. The topological polar surface area (TPSA) is 129 Å². The van der Waals surface area contributed by atoms with Gasteiger partial charge < -0.3 is 19.3 Å². The normalized spacial score (nSPS) is 11.8. The number of carbonyl (C=O) groups excluding carboxylic acids is 2. The summed E-state index contributed by atoms with van der Waals surface area (Å²) in [6.07, 6.45) is 5.97. The van der Waals surface area contributed by atoms with Gasteiger partial charge in [-0.05, 0) is 120 Å². The van der Waals surface area contributed by atoms with Crippen LogP contribution in [0.15, 0.2) is 216 Å². The molecule has 0 bridgehead atoms. The molecule has 13 heteroatoms. The molecule has 0 aliphatic heterocycles. The van der Waals surface area contributed by atoms with Crippen molar-refractivity contribution in [1.29, 1.82) is 0 Å². The van der Waals surface area contributed by atoms with E-state index in [9.17, 15) is 19.2 Å². The first-order valence-electron chi connectivity index (χ1n) is 28.7. The van der Waals surface area contributed by atoms with Crippen molar-refractivity contribution in [2.24, 2.45) is 0 Å². The number of ether oxygens (including phenoxy) is 2. The van der Waals surface area contributed by atoms with E-state index >= 15 is 0 Å². The summed E-state index contributed by atoms with van der Waals surface area (Å²) in [7, 11) is 1.69. The van der Waals surface area contributed by atoms with Gasteiger partial charge in [-0.15, -0.1) is 12.0 Å². The van der Waals surface area contributed by atoms with Gasteiger partial charge in [0, 0.05) is 38.4 Å². The third-order valence-corrected chi connectivity index (χ3v) is 15.7. The highest BCUT2D eigenvalue weighted by Crippen LogP contribution is 2.28. The molecule has 0 aliphatic rings. The first kappa shape index (κ1) is 60.8. The molecule has 12 nitrogen and oxygen atoms in total. The van der Waals surface area contributed by atoms with Crippen LogP contribution in [0.1, 0.15) is 59.8 Å². The van der Waals surface area contributed by atoms with Gasteiger partial charge in [-0.1, -0.05) is 165 Å². The fourth-order valence-corrected chi connectivity index (χ4v) is 10.7. The third kappa shape index (κ3) is 14.8. The molecule has 86 heavy (non-hydrogen) atoms. The maximum Gasteiger partial charge on any atom is 0.266 e. The van der Waals surface area contributed by atoms with E-state index in [0.29, 0.717) is 76.7 Å². The second-order valence-electron chi connectivity index (χ2n) is 22.0. The van der Waals surface area contributed by atoms with Crippen molar-refractivity contribution < 1.29 is 19.1 Å². The molecule has 2 unspecified atom stereocenters. The summed E-state index contributed by atoms with van der Waals surface area (Å²) in [4.78, 5) is 68.9. The summed E-state index contributed by atoms with van der Waals surface area (Å²) in [5.74, 6) is 6.69. The van der Waals surface area contributed by atoms with Crippen LogP contribution in [0.4, 0.5) is 0 Å². The van der Waals surface area contributed by atoms with E-state index in [1.54, 1.807) is 69.6 Å². The lowest BCUT2D eigenvalue weighted by Gasteiger charge is -2.30. The summed E-state index contributed by atoms with van der Waals surface area (Å²) < 4.78 is 14.0. The van der Waals surface area contributed by atoms with Crippen LogP contribution in [0.2, 0.25) is 19.6 Å². The molecule has 432 valence electrons. The maximum atomic E-state index is 14.0. The van der Waals surface area contributed by atoms with Gasteiger partial charge in [0.25, 0.3) is 11.1 Å². The van der Waals surface area contributed by atoms with Gasteiger partial charge in [-0.25, -0.2) is 9.97 Å². The van der Waals surface area contributed by atoms with Crippen LogP contribution in [0.5, 0.6) is 0 Å². The highest BCUT2D eigenvalue weighted by Gasteiger charge is 2.29. The van der Waals surface area contributed by atoms with Crippen LogP contribution in [0.25, 0.3) is 55.4 Å². The van der Waals surface area contributed by atoms with Gasteiger partial charge in [0.15, 0.2) is 0 Å². The van der Waals surface area contributed by atoms with E-state index in [0.717, 1.165) is 38.9 Å². The molecule has 2 heterocycles. The number of fused-ring (bicyclic) bond motifs is 2. The average molecular weight is 1160 g/mol. The first-order valence-corrected chi connectivity index (χ1v) is 32.2. The molecule has 2 aromatic heterocycles. The quantitative estimate of drug-likeness (QED) is 0.0614. The number of terminal acetylenes is 1. The smallest absolute Gasteiger partial charge is 0.266 e. The van der Waals surface area contributed by atoms with Crippen LogP contribution in [-0.4, -0.2) is 89.3 Å². The van der Waals surface area contributed by atoms with Crippen molar-refractivity contribution in [3.63, 3.8) is 0 Å². The van der Waals surface area contributed by atoms with Gasteiger partial charge in [0.05, 0.1) is 71.3 Å². The number of hydrogen-bond donors (Lipinski definition) is 0. The molecule has 0 aliphatic carbocycles. The lowest BCUT2D eigenvalue weighted by atomic mass is 10.0. The molecule has 0 N–H and O–H groups in total. The number of amides is 2. The minimum absolute atomic E-state index is 0.0714. The standard InChI is InChI=1S/C38H39N3O3Si.C35H31N3O3/c1-28(40(24-25-44-2)36(42)27-30-15-19-32(20-16-30)31-11-7-6-8-12-31)37-39-35-14-10-9-13-34(35)38(43)41(37)33-21-17-29(18-22-33)23-26-45(3,4)5;1-4-26-16-20-30(21-17-26)38-34(36-32-13-9-8-12-31(32)35(38)40)25(2)37(22-23-41-3)33(39)24-27-14-18-29(19-15-27)28-10-6-5-7-11-28/h6-22,28H,24-25,27H2,1-5H3;1,5-21,25H,22-24H2,2-3H3. The number of methoxy groups -OCH3 is 2. The Balaban J connectivity index is 0.000000206. The highest BCUT2D eigenvalue weighted by atomic mass is 28.3. The summed E-state index contributed by atoms with van der Waals surface area (Å²) >= 11 is 0. The van der Waals surface area contributed by atoms with Crippen molar-refractivity contribution in [1.82, 2.24) is 28.9 Å². The highest BCUT2D eigenvalue weighted by molar-refractivity contribution is 6.83. The van der Waals surface area contributed by atoms with Crippen molar-refractivity contribution in [2.75, 3.05) is 40.5 Å². The molecule has 0 saturated carbocycles. The summed E-state index contributed by atoms with van der Waals surface area (Å²) in [5, 5.41) is 1.02.